The fourth-order valence-corrected chi connectivity index (χ4v) is 4.13. The highest BCUT2D eigenvalue weighted by Crippen LogP contribution is 2.37. The zero-order valence-corrected chi connectivity index (χ0v) is 16.6. The first-order valence-electron chi connectivity index (χ1n) is 9.74. The van der Waals surface area contributed by atoms with Crippen molar-refractivity contribution in [2.24, 2.45) is 5.92 Å². The molecule has 0 radical (unpaired) electrons. The number of halogens is 1. The van der Waals surface area contributed by atoms with Crippen LogP contribution >= 0.6 is 11.6 Å². The molecule has 0 aliphatic carbocycles. The molecule has 2 aliphatic heterocycles. The Bertz CT molecular complexity index is 996. The molecule has 150 valence electrons. The average Bonchev–Trinajstić information content (AvgIpc) is 3.38. The van der Waals surface area contributed by atoms with Gasteiger partial charge in [0.05, 0.1) is 6.54 Å². The van der Waals surface area contributed by atoms with Gasteiger partial charge in [0.2, 0.25) is 12.6 Å². The van der Waals surface area contributed by atoms with Gasteiger partial charge < -0.3 is 9.47 Å². The van der Waals surface area contributed by atoms with E-state index in [9.17, 15) is 0 Å². The highest BCUT2D eigenvalue weighted by Gasteiger charge is 2.24. The summed E-state index contributed by atoms with van der Waals surface area (Å²) in [5, 5.41) is 13.6. The second-order valence-corrected chi connectivity index (χ2v) is 7.83. The Morgan fingerprint density at radius 3 is 2.93 bits per heavy atom. The van der Waals surface area contributed by atoms with Gasteiger partial charge >= 0.3 is 0 Å². The van der Waals surface area contributed by atoms with Crippen LogP contribution in [0.5, 0.6) is 11.5 Å². The normalized spacial score (nSPS) is 18.9. The molecule has 0 N–H and O–H groups in total. The molecule has 5 rings (SSSR count). The maximum absolute atomic E-state index is 6.45. The van der Waals surface area contributed by atoms with Crippen LogP contribution in [0.25, 0.3) is 11.5 Å². The van der Waals surface area contributed by atoms with Crippen molar-refractivity contribution in [2.75, 3.05) is 19.9 Å². The van der Waals surface area contributed by atoms with Crippen molar-refractivity contribution in [3.63, 3.8) is 0 Å². The van der Waals surface area contributed by atoms with Gasteiger partial charge in [-0.3, -0.25) is 9.88 Å². The summed E-state index contributed by atoms with van der Waals surface area (Å²) in [7, 11) is 0. The van der Waals surface area contributed by atoms with Gasteiger partial charge in [-0.05, 0) is 54.3 Å². The third kappa shape index (κ3) is 4.04. The minimum atomic E-state index is 0.256. The van der Waals surface area contributed by atoms with E-state index in [0.29, 0.717) is 16.8 Å². The molecule has 29 heavy (non-hydrogen) atoms. The fourth-order valence-electron chi connectivity index (χ4n) is 3.91. The Morgan fingerprint density at radius 2 is 2.07 bits per heavy atom. The van der Waals surface area contributed by atoms with Gasteiger partial charge in [-0.1, -0.05) is 17.7 Å². The average molecular weight is 413 g/mol. The number of fused-ring (bicyclic) bond motifs is 1. The molecule has 2 aliphatic rings. The van der Waals surface area contributed by atoms with E-state index in [0.717, 1.165) is 61.8 Å². The van der Waals surface area contributed by atoms with Gasteiger partial charge in [-0.2, -0.15) is 4.80 Å². The molecule has 0 amide bonds. The van der Waals surface area contributed by atoms with Crippen LogP contribution in [0.4, 0.5) is 0 Å². The molecular weight excluding hydrogens is 392 g/mol. The monoisotopic (exact) mass is 412 g/mol. The van der Waals surface area contributed by atoms with Crippen LogP contribution in [-0.4, -0.2) is 50.0 Å². The number of ether oxygens (including phenoxy) is 2. The number of tetrazole rings is 1. The summed E-state index contributed by atoms with van der Waals surface area (Å²) in [6, 6.07) is 9.52. The summed E-state index contributed by atoms with van der Waals surface area (Å²) in [6.45, 7) is 3.80. The Morgan fingerprint density at radius 1 is 1.17 bits per heavy atom. The van der Waals surface area contributed by atoms with Crippen molar-refractivity contribution >= 4 is 11.6 Å². The molecule has 9 heteroatoms. The molecule has 1 aromatic carbocycles. The Labute approximate surface area is 173 Å². The quantitative estimate of drug-likeness (QED) is 0.637. The number of likely N-dealkylation sites (tertiary alicyclic amines) is 1. The van der Waals surface area contributed by atoms with Crippen LogP contribution in [0, 0.1) is 5.92 Å². The van der Waals surface area contributed by atoms with Crippen molar-refractivity contribution in [1.29, 1.82) is 0 Å². The molecule has 3 aromatic rings. The predicted octanol–water partition coefficient (Wildman–Crippen LogP) is 3.03. The molecule has 1 fully saturated rings. The Kier molecular flexibility index (Phi) is 5.03. The molecular formula is C20H21ClN6O2. The van der Waals surface area contributed by atoms with E-state index in [1.165, 1.54) is 0 Å². The van der Waals surface area contributed by atoms with Crippen LogP contribution in [-0.2, 0) is 13.1 Å². The number of piperidine rings is 1. The van der Waals surface area contributed by atoms with Crippen LogP contribution in [0.1, 0.15) is 18.4 Å². The van der Waals surface area contributed by atoms with E-state index in [2.05, 4.69) is 25.3 Å². The molecule has 0 bridgehead atoms. The zero-order valence-electron chi connectivity index (χ0n) is 15.9. The summed E-state index contributed by atoms with van der Waals surface area (Å²) in [5.74, 6) is 2.51. The summed E-state index contributed by atoms with van der Waals surface area (Å²) in [6.07, 6.45) is 4.01. The van der Waals surface area contributed by atoms with Crippen molar-refractivity contribution in [1.82, 2.24) is 30.1 Å². The van der Waals surface area contributed by atoms with E-state index >= 15 is 0 Å². The van der Waals surface area contributed by atoms with Gasteiger partial charge in [0.1, 0.15) is 5.69 Å². The van der Waals surface area contributed by atoms with Crippen molar-refractivity contribution in [3.05, 3.63) is 47.1 Å². The number of benzene rings is 1. The van der Waals surface area contributed by atoms with E-state index in [1.807, 2.05) is 30.3 Å². The molecule has 8 nitrogen and oxygen atoms in total. The Balaban J connectivity index is 1.23. The minimum absolute atomic E-state index is 0.256. The van der Waals surface area contributed by atoms with Crippen LogP contribution in [0.15, 0.2) is 36.5 Å². The zero-order chi connectivity index (χ0) is 19.6. The van der Waals surface area contributed by atoms with Crippen molar-refractivity contribution in [2.45, 2.75) is 25.9 Å². The molecule has 0 saturated carbocycles. The summed E-state index contributed by atoms with van der Waals surface area (Å²) in [5.41, 5.74) is 1.80. The van der Waals surface area contributed by atoms with Crippen molar-refractivity contribution in [3.8, 4) is 23.0 Å². The third-order valence-electron chi connectivity index (χ3n) is 5.31. The summed E-state index contributed by atoms with van der Waals surface area (Å²) < 4.78 is 10.9. The lowest BCUT2D eigenvalue weighted by Gasteiger charge is -2.32. The first-order valence-corrected chi connectivity index (χ1v) is 10.1. The number of hydrogen-bond donors (Lipinski definition) is 0. The first-order chi connectivity index (χ1) is 14.2. The molecule has 0 spiro atoms. The number of rotatable bonds is 5. The van der Waals surface area contributed by atoms with Crippen molar-refractivity contribution < 1.29 is 9.47 Å². The van der Waals surface area contributed by atoms with E-state index in [-0.39, 0.29) is 6.79 Å². The predicted molar refractivity (Wildman–Crippen MR) is 107 cm³/mol. The fraction of sp³-hybridized carbons (Fsp3) is 0.400. The third-order valence-corrected chi connectivity index (χ3v) is 5.66. The maximum Gasteiger partial charge on any atom is 0.231 e. The van der Waals surface area contributed by atoms with Gasteiger partial charge in [0.25, 0.3) is 0 Å². The topological polar surface area (TPSA) is 78.2 Å². The van der Waals surface area contributed by atoms with E-state index in [1.54, 1.807) is 11.0 Å². The summed E-state index contributed by atoms with van der Waals surface area (Å²) in [4.78, 5) is 8.39. The Hall–Kier alpha value is -2.71. The highest BCUT2D eigenvalue weighted by atomic mass is 35.5. The van der Waals surface area contributed by atoms with Crippen LogP contribution in [0.2, 0.25) is 5.02 Å². The number of pyridine rings is 1. The SMILES string of the molecule is Clc1cc2c(cc1CN1CCC[C@H](Cn3nnc(-c4ccccn4)n3)C1)OCO2. The highest BCUT2D eigenvalue weighted by molar-refractivity contribution is 6.31. The largest absolute Gasteiger partial charge is 0.454 e. The number of aromatic nitrogens is 5. The lowest BCUT2D eigenvalue weighted by Crippen LogP contribution is -2.37. The second kappa shape index (κ2) is 7.96. The molecule has 1 saturated heterocycles. The van der Waals surface area contributed by atoms with Gasteiger partial charge in [-0.25, -0.2) is 0 Å². The smallest absolute Gasteiger partial charge is 0.231 e. The number of nitrogens with zero attached hydrogens (tertiary/aromatic N) is 6. The molecule has 1 atom stereocenters. The maximum atomic E-state index is 6.45. The van der Waals surface area contributed by atoms with Gasteiger partial charge in [-0.15, -0.1) is 10.2 Å². The van der Waals surface area contributed by atoms with E-state index < -0.39 is 0 Å². The lowest BCUT2D eigenvalue weighted by atomic mass is 9.97. The second-order valence-electron chi connectivity index (χ2n) is 7.42. The van der Waals surface area contributed by atoms with Crippen LogP contribution in [0.3, 0.4) is 0 Å². The lowest BCUT2D eigenvalue weighted by molar-refractivity contribution is 0.149. The van der Waals surface area contributed by atoms with Gasteiger partial charge in [0.15, 0.2) is 11.5 Å². The molecule has 0 unspecified atom stereocenters. The molecule has 4 heterocycles. The van der Waals surface area contributed by atoms with Gasteiger partial charge in [0, 0.05) is 30.4 Å². The standard InChI is InChI=1S/C20H21ClN6O2/c21-16-9-19-18(28-13-29-19)8-15(16)12-26-7-3-4-14(10-26)11-27-24-20(23-25-27)17-5-1-2-6-22-17/h1-2,5-6,8-9,14H,3-4,7,10-13H2/t14-/m0/s1. The van der Waals surface area contributed by atoms with Crippen LogP contribution < -0.4 is 9.47 Å². The summed E-state index contributed by atoms with van der Waals surface area (Å²) >= 11 is 6.45. The number of hydrogen-bond acceptors (Lipinski definition) is 7. The molecule has 2 aromatic heterocycles. The first kappa shape index (κ1) is 18.3. The minimum Gasteiger partial charge on any atom is -0.454 e. The van der Waals surface area contributed by atoms with E-state index in [4.69, 9.17) is 21.1 Å².